The SMILES string of the molecule is CCNc1snnc1COC1CCC(C)C(C)C1. The second-order valence-electron chi connectivity index (χ2n) is 5.28. The van der Waals surface area contributed by atoms with E-state index in [4.69, 9.17) is 4.74 Å². The van der Waals surface area contributed by atoms with Crippen molar-refractivity contribution in [3.8, 4) is 0 Å². The summed E-state index contributed by atoms with van der Waals surface area (Å²) in [6.45, 7) is 8.23. The summed E-state index contributed by atoms with van der Waals surface area (Å²) in [6.07, 6.45) is 4.03. The summed E-state index contributed by atoms with van der Waals surface area (Å²) in [5.41, 5.74) is 0.952. The molecule has 18 heavy (non-hydrogen) atoms. The van der Waals surface area contributed by atoms with Gasteiger partial charge in [-0.1, -0.05) is 18.3 Å². The Morgan fingerprint density at radius 2 is 2.17 bits per heavy atom. The van der Waals surface area contributed by atoms with Crippen molar-refractivity contribution >= 4 is 16.5 Å². The number of hydrogen-bond acceptors (Lipinski definition) is 5. The molecule has 0 spiro atoms. The van der Waals surface area contributed by atoms with Crippen LogP contribution in [0.5, 0.6) is 0 Å². The van der Waals surface area contributed by atoms with Crippen LogP contribution in [0.1, 0.15) is 45.7 Å². The molecule has 0 aliphatic heterocycles. The number of anilines is 1. The third-order valence-electron chi connectivity index (χ3n) is 3.90. The van der Waals surface area contributed by atoms with Gasteiger partial charge in [0.05, 0.1) is 12.7 Å². The summed E-state index contributed by atoms with van der Waals surface area (Å²) < 4.78 is 9.98. The average Bonchev–Trinajstić information content (AvgIpc) is 2.79. The molecule has 0 aromatic carbocycles. The van der Waals surface area contributed by atoms with Crippen LogP contribution in [0.25, 0.3) is 0 Å². The fourth-order valence-corrected chi connectivity index (χ4v) is 3.08. The molecule has 0 saturated heterocycles. The van der Waals surface area contributed by atoms with Crippen LogP contribution in [0.3, 0.4) is 0 Å². The molecule has 0 radical (unpaired) electrons. The highest BCUT2D eigenvalue weighted by Gasteiger charge is 2.25. The third-order valence-corrected chi connectivity index (χ3v) is 4.62. The van der Waals surface area contributed by atoms with Crippen LogP contribution >= 0.6 is 11.5 Å². The third kappa shape index (κ3) is 3.42. The summed E-state index contributed by atoms with van der Waals surface area (Å²) in [5, 5.41) is 8.46. The first-order chi connectivity index (χ1) is 8.70. The van der Waals surface area contributed by atoms with Crippen LogP contribution in [-0.4, -0.2) is 22.2 Å². The standard InChI is InChI=1S/C13H23N3OS/c1-4-14-13-12(15-16-18-13)8-17-11-6-5-9(2)10(3)7-11/h9-11,14H,4-8H2,1-3H3. The molecule has 2 rings (SSSR count). The lowest BCUT2D eigenvalue weighted by Gasteiger charge is -2.31. The minimum absolute atomic E-state index is 0.396. The molecule has 1 N–H and O–H groups in total. The van der Waals surface area contributed by atoms with Gasteiger partial charge in [-0.25, -0.2) is 0 Å². The maximum Gasteiger partial charge on any atom is 0.135 e. The van der Waals surface area contributed by atoms with Crippen molar-refractivity contribution in [1.82, 2.24) is 9.59 Å². The quantitative estimate of drug-likeness (QED) is 0.891. The van der Waals surface area contributed by atoms with Gasteiger partial charge in [0.25, 0.3) is 0 Å². The van der Waals surface area contributed by atoms with E-state index in [0.717, 1.165) is 29.1 Å². The Morgan fingerprint density at radius 3 is 2.89 bits per heavy atom. The van der Waals surface area contributed by atoms with Crippen LogP contribution in [-0.2, 0) is 11.3 Å². The number of ether oxygens (including phenoxy) is 1. The molecule has 1 aromatic heterocycles. The average molecular weight is 269 g/mol. The summed E-state index contributed by atoms with van der Waals surface area (Å²) in [6, 6.07) is 0. The van der Waals surface area contributed by atoms with Crippen LogP contribution in [0.2, 0.25) is 0 Å². The molecule has 0 amide bonds. The minimum Gasteiger partial charge on any atom is -0.374 e. The van der Waals surface area contributed by atoms with Gasteiger partial charge < -0.3 is 10.1 Å². The van der Waals surface area contributed by atoms with Crippen molar-refractivity contribution in [3.63, 3.8) is 0 Å². The molecule has 3 unspecified atom stereocenters. The molecule has 3 atom stereocenters. The van der Waals surface area contributed by atoms with Gasteiger partial charge in [0, 0.05) is 18.1 Å². The smallest absolute Gasteiger partial charge is 0.135 e. The van der Waals surface area contributed by atoms with Crippen molar-refractivity contribution < 1.29 is 4.74 Å². The molecular weight excluding hydrogens is 246 g/mol. The molecule has 1 heterocycles. The second kappa shape index (κ2) is 6.48. The van der Waals surface area contributed by atoms with Gasteiger partial charge in [-0.15, -0.1) is 5.10 Å². The number of nitrogens with zero attached hydrogens (tertiary/aromatic N) is 2. The van der Waals surface area contributed by atoms with Gasteiger partial charge in [0.2, 0.25) is 0 Å². The first-order valence-electron chi connectivity index (χ1n) is 6.87. The lowest BCUT2D eigenvalue weighted by atomic mass is 9.80. The van der Waals surface area contributed by atoms with Gasteiger partial charge in [0.15, 0.2) is 0 Å². The molecular formula is C13H23N3OS. The van der Waals surface area contributed by atoms with Crippen LogP contribution < -0.4 is 5.32 Å². The maximum absolute atomic E-state index is 6.00. The lowest BCUT2D eigenvalue weighted by molar-refractivity contribution is -0.00855. The predicted molar refractivity (Wildman–Crippen MR) is 74.8 cm³/mol. The highest BCUT2D eigenvalue weighted by molar-refractivity contribution is 7.10. The molecule has 102 valence electrons. The monoisotopic (exact) mass is 269 g/mol. The Kier molecular flexibility index (Phi) is 4.95. The zero-order valence-electron chi connectivity index (χ0n) is 11.5. The van der Waals surface area contributed by atoms with Crippen LogP contribution in [0.4, 0.5) is 5.00 Å². The van der Waals surface area contributed by atoms with E-state index in [0.29, 0.717) is 12.7 Å². The van der Waals surface area contributed by atoms with Crippen LogP contribution in [0, 0.1) is 11.8 Å². The van der Waals surface area contributed by atoms with Gasteiger partial charge in [-0.05, 0) is 38.0 Å². The first kappa shape index (κ1) is 13.7. The zero-order chi connectivity index (χ0) is 13.0. The van der Waals surface area contributed by atoms with Crippen molar-refractivity contribution in [2.24, 2.45) is 11.8 Å². The Hall–Kier alpha value is -0.680. The number of aromatic nitrogens is 2. The van der Waals surface area contributed by atoms with E-state index in [1.165, 1.54) is 30.8 Å². The molecule has 1 aliphatic carbocycles. The number of hydrogen-bond donors (Lipinski definition) is 1. The summed E-state index contributed by atoms with van der Waals surface area (Å²) in [5.74, 6) is 1.61. The topological polar surface area (TPSA) is 47.0 Å². The molecule has 5 heteroatoms. The van der Waals surface area contributed by atoms with Gasteiger partial charge in [-0.3, -0.25) is 0 Å². The van der Waals surface area contributed by atoms with E-state index < -0.39 is 0 Å². The van der Waals surface area contributed by atoms with E-state index in [2.05, 4.69) is 35.7 Å². The predicted octanol–water partition coefficient (Wildman–Crippen LogP) is 3.31. The Labute approximate surface area is 113 Å². The molecule has 4 nitrogen and oxygen atoms in total. The lowest BCUT2D eigenvalue weighted by Crippen LogP contribution is -2.26. The van der Waals surface area contributed by atoms with E-state index in [-0.39, 0.29) is 0 Å². The van der Waals surface area contributed by atoms with E-state index in [9.17, 15) is 0 Å². The number of nitrogens with one attached hydrogen (secondary N) is 1. The largest absolute Gasteiger partial charge is 0.374 e. The molecule has 1 fully saturated rings. The Bertz CT molecular complexity index is 369. The maximum atomic E-state index is 6.00. The second-order valence-corrected chi connectivity index (χ2v) is 6.03. The van der Waals surface area contributed by atoms with Gasteiger partial charge >= 0.3 is 0 Å². The van der Waals surface area contributed by atoms with E-state index >= 15 is 0 Å². The van der Waals surface area contributed by atoms with Crippen LogP contribution in [0.15, 0.2) is 0 Å². The zero-order valence-corrected chi connectivity index (χ0v) is 12.3. The Morgan fingerprint density at radius 1 is 1.33 bits per heavy atom. The fraction of sp³-hybridized carbons (Fsp3) is 0.846. The molecule has 1 aliphatic rings. The van der Waals surface area contributed by atoms with Crippen molar-refractivity contribution in [1.29, 1.82) is 0 Å². The molecule has 1 aromatic rings. The first-order valence-corrected chi connectivity index (χ1v) is 7.64. The van der Waals surface area contributed by atoms with Crippen molar-refractivity contribution in [2.75, 3.05) is 11.9 Å². The summed E-state index contributed by atoms with van der Waals surface area (Å²) in [4.78, 5) is 0. The molecule has 0 bridgehead atoms. The summed E-state index contributed by atoms with van der Waals surface area (Å²) in [7, 11) is 0. The highest BCUT2D eigenvalue weighted by Crippen LogP contribution is 2.31. The normalized spacial score (nSPS) is 28.3. The van der Waals surface area contributed by atoms with Crippen molar-refractivity contribution in [3.05, 3.63) is 5.69 Å². The minimum atomic E-state index is 0.396. The van der Waals surface area contributed by atoms with E-state index in [1.54, 1.807) is 0 Å². The fourth-order valence-electron chi connectivity index (χ4n) is 2.44. The molecule has 1 saturated carbocycles. The highest BCUT2D eigenvalue weighted by atomic mass is 32.1. The van der Waals surface area contributed by atoms with E-state index in [1.807, 2.05) is 0 Å². The Balaban J connectivity index is 1.82. The number of rotatable bonds is 5. The van der Waals surface area contributed by atoms with Gasteiger partial charge in [-0.2, -0.15) is 0 Å². The van der Waals surface area contributed by atoms with Crippen molar-refractivity contribution in [2.45, 2.75) is 52.7 Å². The van der Waals surface area contributed by atoms with Gasteiger partial charge in [0.1, 0.15) is 10.7 Å². The summed E-state index contributed by atoms with van der Waals surface area (Å²) >= 11 is 1.41.